The Bertz CT molecular complexity index is 704. The van der Waals surface area contributed by atoms with Crippen molar-refractivity contribution in [2.45, 2.75) is 26.3 Å². The second-order valence-corrected chi connectivity index (χ2v) is 5.07. The molecule has 5 nitrogen and oxygen atoms in total. The maximum atomic E-state index is 12.8. The third-order valence-corrected chi connectivity index (χ3v) is 3.28. The van der Waals surface area contributed by atoms with Gasteiger partial charge in [0.05, 0.1) is 16.9 Å². The Morgan fingerprint density at radius 3 is 2.52 bits per heavy atom. The van der Waals surface area contributed by atoms with Crippen molar-refractivity contribution >= 4 is 11.5 Å². The van der Waals surface area contributed by atoms with E-state index in [4.69, 9.17) is 0 Å². The molecule has 0 saturated carbocycles. The van der Waals surface area contributed by atoms with Crippen LogP contribution >= 0.6 is 0 Å². The molecule has 2 aromatic rings. The summed E-state index contributed by atoms with van der Waals surface area (Å²) >= 11 is 0. The monoisotopic (exact) mass is 326 g/mol. The van der Waals surface area contributed by atoms with Crippen LogP contribution in [0.1, 0.15) is 28.7 Å². The highest BCUT2D eigenvalue weighted by molar-refractivity contribution is 5.65. The molecule has 0 amide bonds. The summed E-state index contributed by atoms with van der Waals surface area (Å²) in [7, 11) is 1.53. The molecule has 2 aromatic heterocycles. The molecule has 3 N–H and O–H groups in total. The van der Waals surface area contributed by atoms with Crippen LogP contribution in [0.4, 0.5) is 24.7 Å². The average Bonchev–Trinajstić information content (AvgIpc) is 2.48. The maximum absolute atomic E-state index is 12.8. The highest BCUT2D eigenvalue weighted by Gasteiger charge is 2.32. The van der Waals surface area contributed by atoms with Gasteiger partial charge in [0.2, 0.25) is 0 Å². The SMILES string of the molecule is CNc1ncc(C(F)(F)F)cc1NC(O)c1nc(C)ccc1C. The predicted octanol–water partition coefficient (Wildman–Crippen LogP) is 3.26. The number of aliphatic hydroxyl groups is 1. The van der Waals surface area contributed by atoms with Crippen LogP contribution in [0.3, 0.4) is 0 Å². The van der Waals surface area contributed by atoms with E-state index in [1.807, 2.05) is 0 Å². The summed E-state index contributed by atoms with van der Waals surface area (Å²) in [6, 6.07) is 4.47. The topological polar surface area (TPSA) is 70.1 Å². The third-order valence-electron chi connectivity index (χ3n) is 3.28. The van der Waals surface area contributed by atoms with Crippen molar-refractivity contribution in [1.82, 2.24) is 9.97 Å². The number of aromatic nitrogens is 2. The highest BCUT2D eigenvalue weighted by atomic mass is 19.4. The van der Waals surface area contributed by atoms with E-state index in [0.717, 1.165) is 17.8 Å². The van der Waals surface area contributed by atoms with E-state index in [1.54, 1.807) is 26.0 Å². The normalized spacial score (nSPS) is 12.8. The van der Waals surface area contributed by atoms with Gasteiger partial charge in [0, 0.05) is 18.9 Å². The molecule has 0 aliphatic rings. The first-order valence-corrected chi connectivity index (χ1v) is 6.86. The number of nitrogens with one attached hydrogen (secondary N) is 2. The van der Waals surface area contributed by atoms with Crippen LogP contribution in [-0.4, -0.2) is 22.1 Å². The molecule has 0 aliphatic carbocycles. The largest absolute Gasteiger partial charge is 0.417 e. The number of hydrogen-bond donors (Lipinski definition) is 3. The van der Waals surface area contributed by atoms with Gasteiger partial charge in [-0.05, 0) is 31.5 Å². The van der Waals surface area contributed by atoms with Crippen LogP contribution in [0, 0.1) is 13.8 Å². The van der Waals surface area contributed by atoms with Crippen molar-refractivity contribution in [2.24, 2.45) is 0 Å². The van der Waals surface area contributed by atoms with E-state index in [9.17, 15) is 18.3 Å². The standard InChI is InChI=1S/C15H17F3N4O/c1-8-4-5-9(2)21-12(8)14(23)22-11-6-10(15(16,17)18)7-20-13(11)19-3/h4-7,14,22-23H,1-3H3,(H,19,20). The van der Waals surface area contributed by atoms with Crippen molar-refractivity contribution in [3.05, 3.63) is 46.9 Å². The molecule has 0 fully saturated rings. The van der Waals surface area contributed by atoms with Gasteiger partial charge < -0.3 is 15.7 Å². The smallest absolute Gasteiger partial charge is 0.371 e. The van der Waals surface area contributed by atoms with Crippen LogP contribution in [0.25, 0.3) is 0 Å². The van der Waals surface area contributed by atoms with Crippen molar-refractivity contribution < 1.29 is 18.3 Å². The minimum Gasteiger partial charge on any atom is -0.371 e. The molecular formula is C15H17F3N4O. The molecule has 2 heterocycles. The Morgan fingerprint density at radius 1 is 1.22 bits per heavy atom. The number of aliphatic hydroxyl groups excluding tert-OH is 1. The van der Waals surface area contributed by atoms with Crippen molar-refractivity contribution in [3.8, 4) is 0 Å². The minimum atomic E-state index is -4.52. The van der Waals surface area contributed by atoms with Crippen LogP contribution in [0.2, 0.25) is 0 Å². The number of anilines is 2. The predicted molar refractivity (Wildman–Crippen MR) is 81.1 cm³/mol. The summed E-state index contributed by atoms with van der Waals surface area (Å²) in [6.45, 7) is 3.52. The number of rotatable bonds is 4. The summed E-state index contributed by atoms with van der Waals surface area (Å²) in [5, 5.41) is 15.6. The number of aryl methyl sites for hydroxylation is 2. The van der Waals surface area contributed by atoms with E-state index in [0.29, 0.717) is 11.4 Å². The molecule has 23 heavy (non-hydrogen) atoms. The zero-order valence-corrected chi connectivity index (χ0v) is 12.9. The quantitative estimate of drug-likeness (QED) is 0.753. The molecule has 0 bridgehead atoms. The summed E-state index contributed by atoms with van der Waals surface area (Å²) in [6.07, 6.45) is -5.04. The van der Waals surface area contributed by atoms with Gasteiger partial charge in [-0.1, -0.05) is 6.07 Å². The minimum absolute atomic E-state index is 0.0394. The lowest BCUT2D eigenvalue weighted by Gasteiger charge is -2.19. The van der Waals surface area contributed by atoms with Crippen LogP contribution in [0.15, 0.2) is 24.4 Å². The molecule has 124 valence electrons. The Labute approximate surface area is 131 Å². The number of halogens is 3. The summed E-state index contributed by atoms with van der Waals surface area (Å²) < 4.78 is 38.5. The molecule has 2 rings (SSSR count). The Balaban J connectivity index is 2.36. The second kappa shape index (κ2) is 6.41. The molecule has 1 unspecified atom stereocenters. The molecular weight excluding hydrogens is 309 g/mol. The van der Waals surface area contributed by atoms with Gasteiger partial charge >= 0.3 is 6.18 Å². The first-order valence-electron chi connectivity index (χ1n) is 6.86. The first kappa shape index (κ1) is 17.0. The first-order chi connectivity index (χ1) is 10.7. The van der Waals surface area contributed by atoms with Gasteiger partial charge in [-0.3, -0.25) is 4.98 Å². The average molecular weight is 326 g/mol. The number of pyridine rings is 2. The third kappa shape index (κ3) is 3.89. The molecule has 0 aromatic carbocycles. The van der Waals surface area contributed by atoms with Gasteiger partial charge in [0.1, 0.15) is 5.82 Å². The Morgan fingerprint density at radius 2 is 1.91 bits per heavy atom. The zero-order chi connectivity index (χ0) is 17.2. The fourth-order valence-electron chi connectivity index (χ4n) is 2.07. The van der Waals surface area contributed by atoms with Crippen LogP contribution in [0.5, 0.6) is 0 Å². The van der Waals surface area contributed by atoms with Gasteiger partial charge in [-0.2, -0.15) is 13.2 Å². The summed E-state index contributed by atoms with van der Waals surface area (Å²) in [5.74, 6) is 0.197. The summed E-state index contributed by atoms with van der Waals surface area (Å²) in [5.41, 5.74) is 0.908. The Hall–Kier alpha value is -2.35. The number of alkyl halides is 3. The van der Waals surface area contributed by atoms with Crippen molar-refractivity contribution in [1.29, 1.82) is 0 Å². The summed E-state index contributed by atoms with van der Waals surface area (Å²) in [4.78, 5) is 7.95. The van der Waals surface area contributed by atoms with Gasteiger partial charge in [-0.25, -0.2) is 4.98 Å². The fourth-order valence-corrected chi connectivity index (χ4v) is 2.07. The number of nitrogens with zero attached hydrogens (tertiary/aromatic N) is 2. The van der Waals surface area contributed by atoms with E-state index in [-0.39, 0.29) is 11.5 Å². The molecule has 8 heteroatoms. The van der Waals surface area contributed by atoms with Crippen LogP contribution in [-0.2, 0) is 6.18 Å². The van der Waals surface area contributed by atoms with E-state index >= 15 is 0 Å². The van der Waals surface area contributed by atoms with E-state index in [1.165, 1.54) is 7.05 Å². The molecule has 1 atom stereocenters. The van der Waals surface area contributed by atoms with Crippen molar-refractivity contribution in [3.63, 3.8) is 0 Å². The van der Waals surface area contributed by atoms with Gasteiger partial charge in [0.25, 0.3) is 0 Å². The van der Waals surface area contributed by atoms with E-state index < -0.39 is 18.0 Å². The second-order valence-electron chi connectivity index (χ2n) is 5.07. The van der Waals surface area contributed by atoms with Gasteiger partial charge in [-0.15, -0.1) is 0 Å². The lowest BCUT2D eigenvalue weighted by atomic mass is 10.1. The zero-order valence-electron chi connectivity index (χ0n) is 12.9. The molecule has 0 saturated heterocycles. The number of hydrogen-bond acceptors (Lipinski definition) is 5. The fraction of sp³-hybridized carbons (Fsp3) is 0.333. The lowest BCUT2D eigenvalue weighted by Crippen LogP contribution is -2.16. The van der Waals surface area contributed by atoms with Gasteiger partial charge in [0.15, 0.2) is 6.23 Å². The van der Waals surface area contributed by atoms with Crippen LogP contribution < -0.4 is 10.6 Å². The molecule has 0 aliphatic heterocycles. The van der Waals surface area contributed by atoms with Crippen molar-refractivity contribution in [2.75, 3.05) is 17.7 Å². The Kier molecular flexibility index (Phi) is 4.74. The molecule has 0 spiro atoms. The van der Waals surface area contributed by atoms with E-state index in [2.05, 4.69) is 20.6 Å². The molecule has 0 radical (unpaired) electrons. The maximum Gasteiger partial charge on any atom is 0.417 e. The highest BCUT2D eigenvalue weighted by Crippen LogP contribution is 2.33. The lowest BCUT2D eigenvalue weighted by molar-refractivity contribution is -0.137.